The monoisotopic (exact) mass is 468 g/mol. The maximum atomic E-state index is 12.0. The maximum Gasteiger partial charge on any atom is 0.282 e. The number of amides is 1. The lowest BCUT2D eigenvalue weighted by atomic mass is 9.90. The van der Waals surface area contributed by atoms with Gasteiger partial charge in [-0.2, -0.15) is 0 Å². The predicted octanol–water partition coefficient (Wildman–Crippen LogP) is 5.44. The lowest BCUT2D eigenvalue weighted by Gasteiger charge is -2.32. The van der Waals surface area contributed by atoms with Gasteiger partial charge in [-0.05, 0) is 88.3 Å². The van der Waals surface area contributed by atoms with Crippen molar-refractivity contribution in [1.82, 2.24) is 9.80 Å². The Morgan fingerprint density at radius 2 is 2.00 bits per heavy atom. The Hall–Kier alpha value is -0.720. The minimum absolute atomic E-state index is 0.283. The number of hydrogen-bond acceptors (Lipinski definition) is 4. The van der Waals surface area contributed by atoms with Crippen LogP contribution in [0.3, 0.4) is 0 Å². The minimum Gasteiger partial charge on any atom is -0.494 e. The number of carbonyl (C=O) groups is 1. The lowest BCUT2D eigenvalue weighted by molar-refractivity contribution is 0.180. The first-order valence-electron chi connectivity index (χ1n) is 10.7. The summed E-state index contributed by atoms with van der Waals surface area (Å²) in [4.78, 5) is 16.6. The molecule has 2 fully saturated rings. The van der Waals surface area contributed by atoms with E-state index in [1.165, 1.54) is 36.0 Å². The summed E-state index contributed by atoms with van der Waals surface area (Å²) >= 11 is 5.26. The molecule has 1 aromatic rings. The Labute approximate surface area is 182 Å². The number of rotatable bonds is 9. The van der Waals surface area contributed by atoms with Crippen LogP contribution in [0, 0.1) is 5.92 Å². The first-order valence-corrected chi connectivity index (χ1v) is 12.4. The van der Waals surface area contributed by atoms with E-state index in [-0.39, 0.29) is 5.24 Å². The molecule has 2 heterocycles. The maximum absolute atomic E-state index is 12.0. The minimum atomic E-state index is 0.283. The van der Waals surface area contributed by atoms with E-state index in [2.05, 4.69) is 39.9 Å². The summed E-state index contributed by atoms with van der Waals surface area (Å²) in [5.74, 6) is 1.71. The molecular formula is C22H33BrN2O2S. The van der Waals surface area contributed by atoms with E-state index in [1.54, 1.807) is 11.8 Å². The van der Waals surface area contributed by atoms with Crippen LogP contribution in [0.1, 0.15) is 45.1 Å². The molecule has 2 aliphatic rings. The molecule has 0 spiro atoms. The molecule has 0 aromatic heterocycles. The van der Waals surface area contributed by atoms with E-state index in [0.29, 0.717) is 11.9 Å². The molecule has 3 rings (SSSR count). The topological polar surface area (TPSA) is 32.8 Å². The van der Waals surface area contributed by atoms with Gasteiger partial charge in [0.2, 0.25) is 0 Å². The number of hydrogen-bond donors (Lipinski definition) is 0. The van der Waals surface area contributed by atoms with Crippen molar-refractivity contribution < 1.29 is 9.53 Å². The molecule has 0 aliphatic carbocycles. The molecule has 1 unspecified atom stereocenters. The number of thioether (sulfide) groups is 1. The van der Waals surface area contributed by atoms with Gasteiger partial charge in [-0.15, -0.1) is 0 Å². The highest BCUT2D eigenvalue weighted by Crippen LogP contribution is 2.30. The van der Waals surface area contributed by atoms with Crippen molar-refractivity contribution in [2.24, 2.45) is 5.92 Å². The molecule has 156 valence electrons. The van der Waals surface area contributed by atoms with Crippen molar-refractivity contribution in [3.63, 3.8) is 0 Å². The highest BCUT2D eigenvalue weighted by atomic mass is 79.9. The van der Waals surface area contributed by atoms with Crippen molar-refractivity contribution in [2.45, 2.75) is 51.2 Å². The molecule has 28 heavy (non-hydrogen) atoms. The van der Waals surface area contributed by atoms with E-state index in [4.69, 9.17) is 4.74 Å². The molecule has 2 saturated heterocycles. The largest absolute Gasteiger partial charge is 0.494 e. The second-order valence-electron chi connectivity index (χ2n) is 7.92. The first kappa shape index (κ1) is 22.0. The van der Waals surface area contributed by atoms with Gasteiger partial charge in [0.15, 0.2) is 0 Å². The SMILES string of the molecule is CCCN1CC(CCN2CCC(Cc3cc(OCC)ccc3Br)CC2)SC1=O. The van der Waals surface area contributed by atoms with Crippen LogP contribution in [0.25, 0.3) is 0 Å². The normalized spacial score (nSPS) is 21.5. The standard InChI is InChI=1S/C22H33BrN2O2S/c1-3-10-25-16-20(28-22(25)26)9-13-24-11-7-17(8-12-24)14-18-15-19(27-4-2)5-6-21(18)23/h5-6,15,17,20H,3-4,7-14,16H2,1-2H3. The second kappa shape index (κ2) is 10.9. The van der Waals surface area contributed by atoms with Gasteiger partial charge in [0.1, 0.15) is 5.75 Å². The third-order valence-electron chi connectivity index (χ3n) is 5.75. The molecule has 0 N–H and O–H groups in total. The fourth-order valence-electron chi connectivity index (χ4n) is 4.19. The fourth-order valence-corrected chi connectivity index (χ4v) is 5.68. The Balaban J connectivity index is 1.40. The van der Waals surface area contributed by atoms with Crippen LogP contribution >= 0.6 is 27.7 Å². The highest BCUT2D eigenvalue weighted by molar-refractivity contribution is 9.10. The van der Waals surface area contributed by atoms with Crippen LogP contribution in [0.2, 0.25) is 0 Å². The summed E-state index contributed by atoms with van der Waals surface area (Å²) in [7, 11) is 0. The lowest BCUT2D eigenvalue weighted by Crippen LogP contribution is -2.36. The van der Waals surface area contributed by atoms with Crippen LogP contribution in [0.15, 0.2) is 22.7 Å². The molecule has 4 nitrogen and oxygen atoms in total. The van der Waals surface area contributed by atoms with Gasteiger partial charge in [0.25, 0.3) is 5.24 Å². The average molecular weight is 469 g/mol. The number of nitrogens with zero attached hydrogens (tertiary/aromatic N) is 2. The summed E-state index contributed by atoms with van der Waals surface area (Å²) in [6.07, 6.45) is 5.81. The van der Waals surface area contributed by atoms with Gasteiger partial charge < -0.3 is 14.5 Å². The summed E-state index contributed by atoms with van der Waals surface area (Å²) in [5, 5.41) is 0.763. The zero-order chi connectivity index (χ0) is 19.9. The Bertz CT molecular complexity index is 649. The molecule has 1 aromatic carbocycles. The summed E-state index contributed by atoms with van der Waals surface area (Å²) in [5.41, 5.74) is 1.36. The Morgan fingerprint density at radius 1 is 1.21 bits per heavy atom. The summed E-state index contributed by atoms with van der Waals surface area (Å²) in [6, 6.07) is 6.33. The van der Waals surface area contributed by atoms with Gasteiger partial charge in [0, 0.05) is 22.8 Å². The van der Waals surface area contributed by atoms with E-state index in [1.807, 2.05) is 17.9 Å². The summed E-state index contributed by atoms with van der Waals surface area (Å²) < 4.78 is 6.85. The molecular weight excluding hydrogens is 436 g/mol. The van der Waals surface area contributed by atoms with E-state index < -0.39 is 0 Å². The van der Waals surface area contributed by atoms with Crippen molar-refractivity contribution in [3.8, 4) is 5.75 Å². The van der Waals surface area contributed by atoms with Gasteiger partial charge >= 0.3 is 0 Å². The molecule has 6 heteroatoms. The second-order valence-corrected chi connectivity index (χ2v) is 10.0. The Morgan fingerprint density at radius 3 is 2.71 bits per heavy atom. The van der Waals surface area contributed by atoms with Gasteiger partial charge in [-0.3, -0.25) is 4.79 Å². The first-order chi connectivity index (χ1) is 13.6. The fraction of sp³-hybridized carbons (Fsp3) is 0.682. The number of likely N-dealkylation sites (tertiary alicyclic amines) is 1. The third kappa shape index (κ3) is 6.14. The molecule has 0 bridgehead atoms. The quantitative estimate of drug-likeness (QED) is 0.482. The van der Waals surface area contributed by atoms with Crippen LogP contribution in [-0.4, -0.2) is 59.6 Å². The van der Waals surface area contributed by atoms with Crippen LogP contribution in [0.5, 0.6) is 5.75 Å². The van der Waals surface area contributed by atoms with Crippen molar-refractivity contribution >= 4 is 32.9 Å². The number of piperidine rings is 1. The molecule has 2 aliphatic heterocycles. The van der Waals surface area contributed by atoms with E-state index in [0.717, 1.165) is 50.6 Å². The van der Waals surface area contributed by atoms with Gasteiger partial charge in [-0.25, -0.2) is 0 Å². The number of benzene rings is 1. The number of halogens is 1. The van der Waals surface area contributed by atoms with Crippen LogP contribution in [-0.2, 0) is 6.42 Å². The highest BCUT2D eigenvalue weighted by Gasteiger charge is 2.30. The predicted molar refractivity (Wildman–Crippen MR) is 121 cm³/mol. The van der Waals surface area contributed by atoms with Gasteiger partial charge in [0.05, 0.1) is 6.61 Å². The zero-order valence-corrected chi connectivity index (χ0v) is 19.6. The van der Waals surface area contributed by atoms with Crippen molar-refractivity contribution in [1.29, 1.82) is 0 Å². The van der Waals surface area contributed by atoms with Crippen molar-refractivity contribution in [2.75, 3.05) is 39.3 Å². The van der Waals surface area contributed by atoms with Crippen molar-refractivity contribution in [3.05, 3.63) is 28.2 Å². The smallest absolute Gasteiger partial charge is 0.282 e. The number of ether oxygens (including phenoxy) is 1. The Kier molecular flexibility index (Phi) is 8.54. The summed E-state index contributed by atoms with van der Waals surface area (Å²) in [6.45, 7) is 10.2. The van der Waals surface area contributed by atoms with E-state index >= 15 is 0 Å². The number of carbonyl (C=O) groups excluding carboxylic acids is 1. The average Bonchev–Trinajstić information content (AvgIpc) is 3.04. The zero-order valence-electron chi connectivity index (χ0n) is 17.2. The van der Waals surface area contributed by atoms with Gasteiger partial charge in [-0.1, -0.05) is 34.6 Å². The molecule has 1 atom stereocenters. The van der Waals surface area contributed by atoms with Crippen LogP contribution < -0.4 is 4.74 Å². The molecule has 0 radical (unpaired) electrons. The molecule has 1 amide bonds. The molecule has 0 saturated carbocycles. The van der Waals surface area contributed by atoms with E-state index in [9.17, 15) is 4.79 Å². The third-order valence-corrected chi connectivity index (χ3v) is 7.71. The van der Waals surface area contributed by atoms with Crippen LogP contribution in [0.4, 0.5) is 4.79 Å².